The van der Waals surface area contributed by atoms with Gasteiger partial charge in [-0.1, -0.05) is 64.2 Å². The molecule has 0 aromatic heterocycles. The Hall–Kier alpha value is -0.120. The third-order valence-corrected chi connectivity index (χ3v) is 4.14. The summed E-state index contributed by atoms with van der Waals surface area (Å²) in [7, 11) is 0. The Morgan fingerprint density at radius 1 is 0.550 bits per heavy atom. The molecule has 3 nitrogen and oxygen atoms in total. The molecule has 0 aliphatic heterocycles. The maximum atomic E-state index is 8.95. The minimum absolute atomic E-state index is 0.259. The first-order valence-corrected chi connectivity index (χ1v) is 8.77. The summed E-state index contributed by atoms with van der Waals surface area (Å²) in [6.07, 6.45) is 16.1. The van der Waals surface area contributed by atoms with E-state index in [9.17, 15) is 0 Å². The first kappa shape index (κ1) is 19.9. The molecule has 0 aromatic rings. The predicted molar refractivity (Wildman–Crippen MR) is 86.7 cm³/mol. The zero-order valence-electron chi connectivity index (χ0n) is 13.4. The Morgan fingerprint density at radius 3 is 1.35 bits per heavy atom. The lowest BCUT2D eigenvalue weighted by atomic mass is 9.94. The predicted octanol–water partition coefficient (Wildman–Crippen LogP) is 3.62. The van der Waals surface area contributed by atoms with Gasteiger partial charge in [0, 0.05) is 13.2 Å². The third kappa shape index (κ3) is 14.3. The smallest absolute Gasteiger partial charge is 0.0433 e. The molecule has 0 fully saturated rings. The molecule has 122 valence electrons. The van der Waals surface area contributed by atoms with E-state index in [0.29, 0.717) is 5.92 Å². The van der Waals surface area contributed by atoms with Crippen molar-refractivity contribution in [3.05, 3.63) is 0 Å². The SMILES string of the molecule is NCCCCCCCCCCCCC(CCO)CCO. The topological polar surface area (TPSA) is 66.5 Å². The van der Waals surface area contributed by atoms with Gasteiger partial charge in [-0.05, 0) is 31.7 Å². The third-order valence-electron chi connectivity index (χ3n) is 4.14. The fourth-order valence-electron chi connectivity index (χ4n) is 2.79. The highest BCUT2D eigenvalue weighted by Gasteiger charge is 2.06. The van der Waals surface area contributed by atoms with Crippen LogP contribution in [-0.2, 0) is 0 Å². The van der Waals surface area contributed by atoms with E-state index in [1.165, 1.54) is 70.6 Å². The fraction of sp³-hybridized carbons (Fsp3) is 1.00. The fourth-order valence-corrected chi connectivity index (χ4v) is 2.79. The number of rotatable bonds is 16. The van der Waals surface area contributed by atoms with Gasteiger partial charge in [0.2, 0.25) is 0 Å². The van der Waals surface area contributed by atoms with Crippen LogP contribution >= 0.6 is 0 Å². The summed E-state index contributed by atoms with van der Waals surface area (Å²) in [6, 6.07) is 0. The van der Waals surface area contributed by atoms with Gasteiger partial charge in [0.15, 0.2) is 0 Å². The Balaban J connectivity index is 3.18. The molecule has 20 heavy (non-hydrogen) atoms. The van der Waals surface area contributed by atoms with Gasteiger partial charge in [0.25, 0.3) is 0 Å². The molecule has 0 aromatic carbocycles. The van der Waals surface area contributed by atoms with Gasteiger partial charge in [-0.2, -0.15) is 0 Å². The van der Waals surface area contributed by atoms with Crippen molar-refractivity contribution in [2.24, 2.45) is 11.7 Å². The first-order valence-electron chi connectivity index (χ1n) is 8.77. The van der Waals surface area contributed by atoms with E-state index < -0.39 is 0 Å². The molecule has 0 spiro atoms. The molecule has 0 bridgehead atoms. The second kappa shape index (κ2) is 16.9. The zero-order valence-corrected chi connectivity index (χ0v) is 13.4. The van der Waals surface area contributed by atoms with Crippen molar-refractivity contribution in [3.8, 4) is 0 Å². The minimum atomic E-state index is 0.259. The normalized spacial score (nSPS) is 11.4. The lowest BCUT2D eigenvalue weighted by molar-refractivity contribution is 0.207. The molecule has 0 radical (unpaired) electrons. The van der Waals surface area contributed by atoms with Gasteiger partial charge in [0.1, 0.15) is 0 Å². The van der Waals surface area contributed by atoms with Gasteiger partial charge in [-0.25, -0.2) is 0 Å². The average Bonchev–Trinajstić information content (AvgIpc) is 2.45. The molecular weight excluding hydrogens is 250 g/mol. The summed E-state index contributed by atoms with van der Waals surface area (Å²) in [5, 5.41) is 17.9. The zero-order chi connectivity index (χ0) is 14.9. The quantitative estimate of drug-likeness (QED) is 0.380. The van der Waals surface area contributed by atoms with E-state index in [-0.39, 0.29) is 13.2 Å². The van der Waals surface area contributed by atoms with E-state index in [4.69, 9.17) is 15.9 Å². The number of aliphatic hydroxyl groups excluding tert-OH is 2. The Morgan fingerprint density at radius 2 is 0.950 bits per heavy atom. The minimum Gasteiger partial charge on any atom is -0.396 e. The van der Waals surface area contributed by atoms with Crippen molar-refractivity contribution in [1.82, 2.24) is 0 Å². The number of hydrogen-bond acceptors (Lipinski definition) is 3. The highest BCUT2D eigenvalue weighted by Crippen LogP contribution is 2.18. The second-order valence-electron chi connectivity index (χ2n) is 6.00. The standard InChI is InChI=1S/C17H37NO2/c18-14-10-8-6-4-2-1-3-5-7-9-11-17(12-15-19)13-16-20/h17,19-20H,1-16,18H2. The largest absolute Gasteiger partial charge is 0.396 e. The van der Waals surface area contributed by atoms with Crippen molar-refractivity contribution >= 4 is 0 Å². The van der Waals surface area contributed by atoms with Gasteiger partial charge in [0.05, 0.1) is 0 Å². The van der Waals surface area contributed by atoms with E-state index in [0.717, 1.165) is 19.4 Å². The molecule has 0 aliphatic rings. The van der Waals surface area contributed by atoms with Crippen LogP contribution in [0.2, 0.25) is 0 Å². The maximum Gasteiger partial charge on any atom is 0.0433 e. The summed E-state index contributed by atoms with van der Waals surface area (Å²) in [4.78, 5) is 0. The van der Waals surface area contributed by atoms with Gasteiger partial charge >= 0.3 is 0 Å². The molecule has 0 saturated heterocycles. The van der Waals surface area contributed by atoms with Crippen LogP contribution in [0.1, 0.15) is 83.5 Å². The van der Waals surface area contributed by atoms with Crippen LogP contribution in [0.4, 0.5) is 0 Å². The van der Waals surface area contributed by atoms with Crippen LogP contribution in [0, 0.1) is 5.92 Å². The summed E-state index contributed by atoms with van der Waals surface area (Å²) in [6.45, 7) is 1.36. The molecule has 0 heterocycles. The molecule has 4 N–H and O–H groups in total. The molecule has 0 rings (SSSR count). The van der Waals surface area contributed by atoms with Crippen LogP contribution in [0.3, 0.4) is 0 Å². The summed E-state index contributed by atoms with van der Waals surface area (Å²) in [5.41, 5.74) is 5.47. The molecular formula is C17H37NO2. The van der Waals surface area contributed by atoms with E-state index in [1.54, 1.807) is 0 Å². The van der Waals surface area contributed by atoms with E-state index >= 15 is 0 Å². The summed E-state index contributed by atoms with van der Waals surface area (Å²) < 4.78 is 0. The lowest BCUT2D eigenvalue weighted by Crippen LogP contribution is -2.05. The summed E-state index contributed by atoms with van der Waals surface area (Å²) >= 11 is 0. The van der Waals surface area contributed by atoms with Crippen molar-refractivity contribution in [2.45, 2.75) is 83.5 Å². The number of unbranched alkanes of at least 4 members (excludes halogenated alkanes) is 9. The van der Waals surface area contributed by atoms with Crippen molar-refractivity contribution in [1.29, 1.82) is 0 Å². The lowest BCUT2D eigenvalue weighted by Gasteiger charge is -2.13. The summed E-state index contributed by atoms with van der Waals surface area (Å²) in [5.74, 6) is 0.521. The highest BCUT2D eigenvalue weighted by atomic mass is 16.3. The highest BCUT2D eigenvalue weighted by molar-refractivity contribution is 4.59. The van der Waals surface area contributed by atoms with Crippen LogP contribution in [-0.4, -0.2) is 30.0 Å². The number of aliphatic hydroxyl groups is 2. The van der Waals surface area contributed by atoms with Gasteiger partial charge in [-0.15, -0.1) is 0 Å². The number of hydrogen-bond donors (Lipinski definition) is 3. The van der Waals surface area contributed by atoms with Crippen LogP contribution in [0.15, 0.2) is 0 Å². The average molecular weight is 287 g/mol. The Kier molecular flexibility index (Phi) is 16.8. The number of nitrogens with two attached hydrogens (primary N) is 1. The monoisotopic (exact) mass is 287 g/mol. The van der Waals surface area contributed by atoms with Crippen LogP contribution in [0.25, 0.3) is 0 Å². The van der Waals surface area contributed by atoms with Crippen LogP contribution in [0.5, 0.6) is 0 Å². The molecule has 3 heteroatoms. The maximum absolute atomic E-state index is 8.95. The van der Waals surface area contributed by atoms with Crippen LogP contribution < -0.4 is 5.73 Å². The van der Waals surface area contributed by atoms with Crippen molar-refractivity contribution in [2.75, 3.05) is 19.8 Å². The molecule has 0 atom stereocenters. The van der Waals surface area contributed by atoms with Gasteiger partial charge in [-0.3, -0.25) is 0 Å². The van der Waals surface area contributed by atoms with Crippen molar-refractivity contribution in [3.63, 3.8) is 0 Å². The Labute approximate surface area is 126 Å². The van der Waals surface area contributed by atoms with Crippen molar-refractivity contribution < 1.29 is 10.2 Å². The molecule has 0 saturated carbocycles. The van der Waals surface area contributed by atoms with E-state index in [1.807, 2.05) is 0 Å². The Bertz CT molecular complexity index is 170. The van der Waals surface area contributed by atoms with Gasteiger partial charge < -0.3 is 15.9 Å². The molecule has 0 aliphatic carbocycles. The second-order valence-corrected chi connectivity index (χ2v) is 6.00. The molecule has 0 amide bonds. The first-order chi connectivity index (χ1) is 9.85. The van der Waals surface area contributed by atoms with E-state index in [2.05, 4.69) is 0 Å². The molecule has 0 unspecified atom stereocenters.